The van der Waals surface area contributed by atoms with E-state index in [4.69, 9.17) is 13.3 Å². The normalized spacial score (nSPS) is 11.9. The molecule has 0 bridgehead atoms. The predicted molar refractivity (Wildman–Crippen MR) is 188 cm³/mol. The summed E-state index contributed by atoms with van der Waals surface area (Å²) in [5, 5.41) is 6.51. The van der Waals surface area contributed by atoms with Gasteiger partial charge in [-0.05, 0) is 54.1 Å². The molecule has 0 aliphatic carbocycles. The molecule has 10 rings (SSSR count). The number of furan rings is 3. The maximum Gasteiger partial charge on any atom is 0.160 e. The van der Waals surface area contributed by atoms with Crippen LogP contribution in [0.3, 0.4) is 0 Å². The van der Waals surface area contributed by atoms with E-state index in [2.05, 4.69) is 114 Å². The monoisotopic (exact) mass is 591 g/mol. The van der Waals surface area contributed by atoms with Crippen LogP contribution in [0.15, 0.2) is 165 Å². The summed E-state index contributed by atoms with van der Waals surface area (Å²) in [6, 6.07) is 52.4. The molecule has 3 heterocycles. The van der Waals surface area contributed by atoms with Gasteiger partial charge in [0, 0.05) is 50.0 Å². The fourth-order valence-corrected chi connectivity index (χ4v) is 6.96. The number of fused-ring (bicyclic) bond motifs is 9. The summed E-state index contributed by atoms with van der Waals surface area (Å²) in [4.78, 5) is 2.28. The lowest BCUT2D eigenvalue weighted by molar-refractivity contribution is 0.667. The van der Waals surface area contributed by atoms with Gasteiger partial charge in [0.05, 0.1) is 17.1 Å². The Balaban J connectivity index is 1.32. The van der Waals surface area contributed by atoms with Crippen molar-refractivity contribution in [3.8, 4) is 11.1 Å². The second-order valence-electron chi connectivity index (χ2n) is 11.7. The van der Waals surface area contributed by atoms with Crippen LogP contribution in [0.25, 0.3) is 76.9 Å². The Morgan fingerprint density at radius 2 is 0.804 bits per heavy atom. The Kier molecular flexibility index (Phi) is 5.25. The molecule has 0 spiro atoms. The zero-order valence-corrected chi connectivity index (χ0v) is 24.6. The van der Waals surface area contributed by atoms with E-state index in [0.717, 1.165) is 94.0 Å². The Labute approximate surface area is 263 Å². The Bertz CT molecular complexity index is 2650. The molecule has 0 aliphatic heterocycles. The van der Waals surface area contributed by atoms with E-state index >= 15 is 0 Å². The smallest absolute Gasteiger partial charge is 0.160 e. The second kappa shape index (κ2) is 9.62. The number of nitrogens with zero attached hydrogens (tertiary/aromatic N) is 1. The molecule has 3 aromatic heterocycles. The van der Waals surface area contributed by atoms with Crippen LogP contribution in [0.2, 0.25) is 0 Å². The van der Waals surface area contributed by atoms with Crippen molar-refractivity contribution in [2.45, 2.75) is 0 Å². The molecule has 7 aromatic carbocycles. The molecule has 0 unspecified atom stereocenters. The van der Waals surface area contributed by atoms with Gasteiger partial charge in [0.15, 0.2) is 5.58 Å². The van der Waals surface area contributed by atoms with E-state index < -0.39 is 0 Å². The second-order valence-corrected chi connectivity index (χ2v) is 11.7. The summed E-state index contributed by atoms with van der Waals surface area (Å²) < 4.78 is 19.6. The van der Waals surface area contributed by atoms with E-state index in [1.165, 1.54) is 0 Å². The first-order valence-corrected chi connectivity index (χ1v) is 15.4. The maximum atomic E-state index is 6.75. The fraction of sp³-hybridized carbons (Fsp3) is 0. The first-order chi connectivity index (χ1) is 22.8. The molecule has 4 heteroatoms. The topological polar surface area (TPSA) is 42.7 Å². The zero-order valence-electron chi connectivity index (χ0n) is 24.6. The molecule has 0 aliphatic rings. The summed E-state index contributed by atoms with van der Waals surface area (Å²) in [5.41, 5.74) is 10.1. The van der Waals surface area contributed by atoms with Crippen molar-refractivity contribution in [2.75, 3.05) is 4.90 Å². The van der Waals surface area contributed by atoms with Gasteiger partial charge < -0.3 is 18.2 Å². The molecule has 216 valence electrons. The van der Waals surface area contributed by atoms with Gasteiger partial charge in [-0.1, -0.05) is 91.0 Å². The lowest BCUT2D eigenvalue weighted by Crippen LogP contribution is -2.11. The number of benzene rings is 7. The largest absolute Gasteiger partial charge is 0.456 e. The average Bonchev–Trinajstić information content (AvgIpc) is 3.79. The van der Waals surface area contributed by atoms with Gasteiger partial charge in [0.25, 0.3) is 0 Å². The first kappa shape index (κ1) is 25.1. The van der Waals surface area contributed by atoms with Crippen LogP contribution in [0.1, 0.15) is 0 Å². The fourth-order valence-electron chi connectivity index (χ4n) is 6.96. The van der Waals surface area contributed by atoms with Crippen LogP contribution in [-0.4, -0.2) is 0 Å². The molecule has 0 amide bonds. The zero-order chi connectivity index (χ0) is 30.2. The summed E-state index contributed by atoms with van der Waals surface area (Å²) in [6.45, 7) is 0. The standard InChI is InChI=1S/C42H25NO3/c1-2-10-26(11-3-1)29-22-23-35-32-14-6-9-17-38(32)46-42(35)41(29)43(27-18-20-33-30-12-4-7-15-36(30)44-39(33)24-27)28-19-21-34-31-13-5-8-16-37(31)45-40(34)25-28/h1-25H. The van der Waals surface area contributed by atoms with Crippen LogP contribution in [-0.2, 0) is 0 Å². The number of anilines is 3. The minimum Gasteiger partial charge on any atom is -0.456 e. The molecule has 0 N–H and O–H groups in total. The predicted octanol–water partition coefficient (Wildman–Crippen LogP) is 12.5. The van der Waals surface area contributed by atoms with Crippen molar-refractivity contribution in [1.82, 2.24) is 0 Å². The van der Waals surface area contributed by atoms with Crippen LogP contribution < -0.4 is 4.90 Å². The van der Waals surface area contributed by atoms with E-state index in [1.54, 1.807) is 0 Å². The van der Waals surface area contributed by atoms with Gasteiger partial charge in [-0.15, -0.1) is 0 Å². The lowest BCUT2D eigenvalue weighted by Gasteiger charge is -2.28. The molecular formula is C42H25NO3. The van der Waals surface area contributed by atoms with Crippen molar-refractivity contribution < 1.29 is 13.3 Å². The van der Waals surface area contributed by atoms with Gasteiger partial charge in [0.2, 0.25) is 0 Å². The van der Waals surface area contributed by atoms with Gasteiger partial charge in [-0.25, -0.2) is 0 Å². The Morgan fingerprint density at radius 3 is 1.39 bits per heavy atom. The van der Waals surface area contributed by atoms with Crippen LogP contribution in [0, 0.1) is 0 Å². The number of para-hydroxylation sites is 3. The van der Waals surface area contributed by atoms with Gasteiger partial charge in [-0.3, -0.25) is 0 Å². The molecule has 0 saturated carbocycles. The Morgan fingerprint density at radius 1 is 0.348 bits per heavy atom. The van der Waals surface area contributed by atoms with Gasteiger partial charge >= 0.3 is 0 Å². The third-order valence-corrected chi connectivity index (χ3v) is 9.07. The molecule has 0 saturated heterocycles. The van der Waals surface area contributed by atoms with Crippen LogP contribution in [0.5, 0.6) is 0 Å². The number of hydrogen-bond donors (Lipinski definition) is 0. The maximum absolute atomic E-state index is 6.75. The number of hydrogen-bond acceptors (Lipinski definition) is 4. The molecule has 0 fully saturated rings. The molecule has 10 aromatic rings. The van der Waals surface area contributed by atoms with Crippen molar-refractivity contribution in [2.24, 2.45) is 0 Å². The third kappa shape index (κ3) is 3.67. The highest BCUT2D eigenvalue weighted by Gasteiger charge is 2.25. The van der Waals surface area contributed by atoms with E-state index in [-0.39, 0.29) is 0 Å². The molecular weight excluding hydrogens is 566 g/mol. The quantitative estimate of drug-likeness (QED) is 0.204. The summed E-state index contributed by atoms with van der Waals surface area (Å²) in [6.07, 6.45) is 0. The van der Waals surface area contributed by atoms with Crippen LogP contribution in [0.4, 0.5) is 17.1 Å². The minimum absolute atomic E-state index is 0.817. The van der Waals surface area contributed by atoms with Crippen molar-refractivity contribution >= 4 is 82.9 Å². The highest BCUT2D eigenvalue weighted by atomic mass is 16.3. The molecule has 0 radical (unpaired) electrons. The SMILES string of the molecule is c1ccc(-c2ccc3c(oc4ccccc43)c2N(c2ccc3c(c2)oc2ccccc23)c2ccc3c(c2)oc2ccccc23)cc1. The average molecular weight is 592 g/mol. The Hall–Kier alpha value is -6.26. The summed E-state index contributed by atoms with van der Waals surface area (Å²) >= 11 is 0. The van der Waals surface area contributed by atoms with E-state index in [0.29, 0.717) is 0 Å². The highest BCUT2D eigenvalue weighted by Crippen LogP contribution is 2.49. The highest BCUT2D eigenvalue weighted by molar-refractivity contribution is 6.15. The molecule has 0 atom stereocenters. The summed E-state index contributed by atoms with van der Waals surface area (Å²) in [5.74, 6) is 0. The van der Waals surface area contributed by atoms with Crippen molar-refractivity contribution in [3.63, 3.8) is 0 Å². The molecule has 46 heavy (non-hydrogen) atoms. The molecule has 4 nitrogen and oxygen atoms in total. The van der Waals surface area contributed by atoms with Gasteiger partial charge in [-0.2, -0.15) is 0 Å². The van der Waals surface area contributed by atoms with Crippen LogP contribution >= 0.6 is 0 Å². The first-order valence-electron chi connectivity index (χ1n) is 15.4. The van der Waals surface area contributed by atoms with Gasteiger partial charge in [0.1, 0.15) is 27.9 Å². The number of rotatable bonds is 4. The third-order valence-electron chi connectivity index (χ3n) is 9.07. The van der Waals surface area contributed by atoms with Crippen molar-refractivity contribution in [1.29, 1.82) is 0 Å². The van der Waals surface area contributed by atoms with E-state index in [1.807, 2.05) is 42.5 Å². The summed E-state index contributed by atoms with van der Waals surface area (Å²) in [7, 11) is 0. The van der Waals surface area contributed by atoms with E-state index in [9.17, 15) is 0 Å². The lowest BCUT2D eigenvalue weighted by atomic mass is 9.99. The minimum atomic E-state index is 0.817. The van der Waals surface area contributed by atoms with Crippen molar-refractivity contribution in [3.05, 3.63) is 152 Å².